The molecule has 0 fully saturated rings. The Bertz CT molecular complexity index is 410. The van der Waals surface area contributed by atoms with Crippen LogP contribution in [-0.2, 0) is 6.42 Å². The van der Waals surface area contributed by atoms with Crippen molar-refractivity contribution in [3.63, 3.8) is 0 Å². The van der Waals surface area contributed by atoms with Crippen LogP contribution in [0, 0.1) is 5.41 Å². The predicted molar refractivity (Wildman–Crippen MR) is 62.0 cm³/mol. The molecule has 1 unspecified atom stereocenters. The van der Waals surface area contributed by atoms with Crippen molar-refractivity contribution >= 4 is 0 Å². The molecule has 88 valence electrons. The van der Waals surface area contributed by atoms with Gasteiger partial charge in [0, 0.05) is 0 Å². The van der Waals surface area contributed by atoms with Crippen molar-refractivity contribution in [2.24, 2.45) is 5.41 Å². The average Bonchev–Trinajstić information content (AvgIpc) is 2.48. The number of hydrogen-bond acceptors (Lipinski definition) is 3. The average molecular weight is 222 g/mol. The van der Waals surface area contributed by atoms with E-state index in [2.05, 4.69) is 13.8 Å². The minimum atomic E-state index is -0.428. The van der Waals surface area contributed by atoms with Gasteiger partial charge in [-0.15, -0.1) is 0 Å². The first-order valence-corrected chi connectivity index (χ1v) is 5.42. The molecule has 0 amide bonds. The van der Waals surface area contributed by atoms with Crippen molar-refractivity contribution in [3.05, 3.63) is 23.3 Å². The standard InChI is InChI=1S/C13H18O3/c1-13(2)7-8-5-10(15-3)11(16-4)6-9(8)12(13)14/h5-6,12,14H,7H2,1-4H3. The Morgan fingerprint density at radius 3 is 2.31 bits per heavy atom. The second-order valence-corrected chi connectivity index (χ2v) is 4.97. The minimum absolute atomic E-state index is 0.111. The summed E-state index contributed by atoms with van der Waals surface area (Å²) in [5, 5.41) is 10.2. The third kappa shape index (κ3) is 1.55. The van der Waals surface area contributed by atoms with Crippen molar-refractivity contribution in [3.8, 4) is 11.5 Å². The van der Waals surface area contributed by atoms with Gasteiger partial charge in [-0.25, -0.2) is 0 Å². The van der Waals surface area contributed by atoms with Crippen LogP contribution in [0.2, 0.25) is 0 Å². The predicted octanol–water partition coefficient (Wildman–Crippen LogP) is 2.32. The van der Waals surface area contributed by atoms with Crippen LogP contribution >= 0.6 is 0 Å². The van der Waals surface area contributed by atoms with Gasteiger partial charge in [0.15, 0.2) is 11.5 Å². The van der Waals surface area contributed by atoms with Gasteiger partial charge in [0.2, 0.25) is 0 Å². The molecule has 0 spiro atoms. The van der Waals surface area contributed by atoms with E-state index in [-0.39, 0.29) is 5.41 Å². The van der Waals surface area contributed by atoms with Gasteiger partial charge in [-0.1, -0.05) is 13.8 Å². The summed E-state index contributed by atoms with van der Waals surface area (Å²) in [7, 11) is 3.23. The molecule has 1 atom stereocenters. The lowest BCUT2D eigenvalue weighted by Crippen LogP contribution is -2.16. The highest BCUT2D eigenvalue weighted by Gasteiger charge is 2.38. The normalized spacial score (nSPS) is 21.7. The molecule has 1 aliphatic carbocycles. The maximum Gasteiger partial charge on any atom is 0.161 e. The van der Waals surface area contributed by atoms with Crippen LogP contribution < -0.4 is 9.47 Å². The molecule has 0 aromatic heterocycles. The quantitative estimate of drug-likeness (QED) is 0.834. The zero-order valence-electron chi connectivity index (χ0n) is 10.2. The van der Waals surface area contributed by atoms with Crippen molar-refractivity contribution in [2.75, 3.05) is 14.2 Å². The summed E-state index contributed by atoms with van der Waals surface area (Å²) in [6.07, 6.45) is 0.437. The van der Waals surface area contributed by atoms with E-state index in [1.54, 1.807) is 14.2 Å². The van der Waals surface area contributed by atoms with Crippen LogP contribution in [0.1, 0.15) is 31.1 Å². The van der Waals surface area contributed by atoms with Gasteiger partial charge in [0.25, 0.3) is 0 Å². The third-order valence-electron chi connectivity index (χ3n) is 3.33. The first-order chi connectivity index (χ1) is 7.49. The Morgan fingerprint density at radius 1 is 1.19 bits per heavy atom. The highest BCUT2D eigenvalue weighted by molar-refractivity contribution is 5.50. The lowest BCUT2D eigenvalue weighted by molar-refractivity contribution is 0.0664. The monoisotopic (exact) mass is 222 g/mol. The van der Waals surface area contributed by atoms with Crippen molar-refractivity contribution in [2.45, 2.75) is 26.4 Å². The number of rotatable bonds is 2. The molecule has 0 heterocycles. The fourth-order valence-electron chi connectivity index (χ4n) is 2.35. The van der Waals surface area contributed by atoms with Crippen LogP contribution in [0.15, 0.2) is 12.1 Å². The molecule has 3 heteroatoms. The maximum absolute atomic E-state index is 10.2. The van der Waals surface area contributed by atoms with E-state index in [0.717, 1.165) is 23.3 Å². The van der Waals surface area contributed by atoms with Gasteiger partial charge in [-0.05, 0) is 35.1 Å². The van der Waals surface area contributed by atoms with E-state index in [1.807, 2.05) is 12.1 Å². The van der Waals surface area contributed by atoms with Crippen LogP contribution in [0.3, 0.4) is 0 Å². The summed E-state index contributed by atoms with van der Waals surface area (Å²) < 4.78 is 10.5. The van der Waals surface area contributed by atoms with Crippen LogP contribution in [-0.4, -0.2) is 19.3 Å². The molecule has 1 aromatic carbocycles. The minimum Gasteiger partial charge on any atom is -0.493 e. The lowest BCUT2D eigenvalue weighted by Gasteiger charge is -2.22. The number of hydrogen-bond donors (Lipinski definition) is 1. The summed E-state index contributed by atoms with van der Waals surface area (Å²) in [6, 6.07) is 3.85. The number of benzene rings is 1. The maximum atomic E-state index is 10.2. The van der Waals surface area contributed by atoms with Gasteiger partial charge < -0.3 is 14.6 Å². The topological polar surface area (TPSA) is 38.7 Å². The number of methoxy groups -OCH3 is 2. The highest BCUT2D eigenvalue weighted by atomic mass is 16.5. The van der Waals surface area contributed by atoms with E-state index in [1.165, 1.54) is 0 Å². The molecule has 2 rings (SSSR count). The van der Waals surface area contributed by atoms with E-state index in [0.29, 0.717) is 5.75 Å². The third-order valence-corrected chi connectivity index (χ3v) is 3.33. The Balaban J connectivity index is 2.51. The molecular weight excluding hydrogens is 204 g/mol. The highest BCUT2D eigenvalue weighted by Crippen LogP contribution is 2.48. The first-order valence-electron chi connectivity index (χ1n) is 5.42. The zero-order chi connectivity index (χ0) is 11.9. The summed E-state index contributed by atoms with van der Waals surface area (Å²) in [5.74, 6) is 1.41. The van der Waals surface area contributed by atoms with Gasteiger partial charge in [-0.2, -0.15) is 0 Å². The molecule has 1 N–H and O–H groups in total. The molecule has 0 radical (unpaired) electrons. The molecule has 0 saturated carbocycles. The summed E-state index contributed by atoms with van der Waals surface area (Å²) in [4.78, 5) is 0. The molecule has 16 heavy (non-hydrogen) atoms. The SMILES string of the molecule is COc1cc2c(cc1OC)C(O)C(C)(C)C2. The number of fused-ring (bicyclic) bond motifs is 1. The number of aliphatic hydroxyl groups is 1. The van der Waals surface area contributed by atoms with E-state index >= 15 is 0 Å². The largest absolute Gasteiger partial charge is 0.493 e. The summed E-state index contributed by atoms with van der Waals surface area (Å²) in [6.45, 7) is 4.13. The summed E-state index contributed by atoms with van der Waals surface area (Å²) in [5.41, 5.74) is 2.00. The van der Waals surface area contributed by atoms with Gasteiger partial charge >= 0.3 is 0 Å². The smallest absolute Gasteiger partial charge is 0.161 e. The molecule has 0 aliphatic heterocycles. The first kappa shape index (κ1) is 11.3. The van der Waals surface area contributed by atoms with E-state index in [4.69, 9.17) is 9.47 Å². The number of aliphatic hydroxyl groups excluding tert-OH is 1. The molecular formula is C13H18O3. The van der Waals surface area contributed by atoms with E-state index < -0.39 is 6.10 Å². The van der Waals surface area contributed by atoms with Crippen molar-refractivity contribution in [1.29, 1.82) is 0 Å². The van der Waals surface area contributed by atoms with Crippen LogP contribution in [0.5, 0.6) is 11.5 Å². The number of ether oxygens (including phenoxy) is 2. The second kappa shape index (κ2) is 3.67. The Morgan fingerprint density at radius 2 is 1.75 bits per heavy atom. The molecule has 1 aliphatic rings. The molecule has 0 bridgehead atoms. The van der Waals surface area contributed by atoms with E-state index in [9.17, 15) is 5.11 Å². The Kier molecular flexibility index (Phi) is 2.58. The fourth-order valence-corrected chi connectivity index (χ4v) is 2.35. The lowest BCUT2D eigenvalue weighted by atomic mass is 9.88. The Hall–Kier alpha value is -1.22. The fraction of sp³-hybridized carbons (Fsp3) is 0.538. The molecule has 3 nitrogen and oxygen atoms in total. The van der Waals surface area contributed by atoms with Crippen molar-refractivity contribution in [1.82, 2.24) is 0 Å². The molecule has 1 aromatic rings. The summed E-state index contributed by atoms with van der Waals surface area (Å²) >= 11 is 0. The van der Waals surface area contributed by atoms with Gasteiger partial charge in [-0.3, -0.25) is 0 Å². The van der Waals surface area contributed by atoms with Crippen molar-refractivity contribution < 1.29 is 14.6 Å². The molecule has 0 saturated heterocycles. The second-order valence-electron chi connectivity index (χ2n) is 4.97. The Labute approximate surface area is 96.0 Å². The van der Waals surface area contributed by atoms with Gasteiger partial charge in [0.1, 0.15) is 0 Å². The van der Waals surface area contributed by atoms with Gasteiger partial charge in [0.05, 0.1) is 20.3 Å². The van der Waals surface area contributed by atoms with Crippen LogP contribution in [0.25, 0.3) is 0 Å². The van der Waals surface area contributed by atoms with Crippen LogP contribution in [0.4, 0.5) is 0 Å². The zero-order valence-corrected chi connectivity index (χ0v) is 10.2.